The van der Waals surface area contributed by atoms with E-state index in [4.69, 9.17) is 16.4 Å². The van der Waals surface area contributed by atoms with Crippen LogP contribution in [-0.2, 0) is 28.8 Å². The van der Waals surface area contributed by atoms with Crippen molar-refractivity contribution >= 4 is 46.7 Å². The highest BCUT2D eigenvalue weighted by Gasteiger charge is 2.55. The number of likely N-dealkylation sites (tertiary alicyclic amines) is 1. The molecule has 2 fully saturated rings. The van der Waals surface area contributed by atoms with Crippen LogP contribution in [0.15, 0.2) is 29.4 Å². The number of carboxylic acid groups (broad SMARTS) is 1. The maximum atomic E-state index is 14.4. The highest BCUT2D eigenvalue weighted by atomic mass is 35.5. The summed E-state index contributed by atoms with van der Waals surface area (Å²) in [5.41, 5.74) is -0.272. The van der Waals surface area contributed by atoms with Crippen LogP contribution in [0.5, 0.6) is 0 Å². The van der Waals surface area contributed by atoms with Crippen molar-refractivity contribution in [3.8, 4) is 0 Å². The summed E-state index contributed by atoms with van der Waals surface area (Å²) >= 11 is 6.21. The average Bonchev–Trinajstić information content (AvgIpc) is 3.58. The smallest absolute Gasteiger partial charge is 0.372 e. The van der Waals surface area contributed by atoms with Gasteiger partial charge in [0.15, 0.2) is 11.4 Å². The van der Waals surface area contributed by atoms with Crippen molar-refractivity contribution < 1.29 is 33.9 Å². The second-order valence-corrected chi connectivity index (χ2v) is 14.5. The van der Waals surface area contributed by atoms with Gasteiger partial charge in [0, 0.05) is 42.2 Å². The Bertz CT molecular complexity index is 1330. The molecule has 11 heteroatoms. The van der Waals surface area contributed by atoms with E-state index in [1.54, 1.807) is 18.2 Å². The van der Waals surface area contributed by atoms with Gasteiger partial charge in [0.2, 0.25) is 17.6 Å². The number of halogens is 1. The Balaban J connectivity index is 1.60. The molecule has 2 amide bonds. The zero-order chi connectivity index (χ0) is 32.9. The molecule has 0 bridgehead atoms. The molecule has 1 aromatic rings. The van der Waals surface area contributed by atoms with E-state index >= 15 is 0 Å². The Morgan fingerprint density at radius 3 is 2.49 bits per heavy atom. The molecule has 3 aliphatic rings. The molecule has 1 aliphatic carbocycles. The molecular formula is C34H46ClN3O7. The van der Waals surface area contributed by atoms with E-state index in [-0.39, 0.29) is 37.6 Å². The number of nitrogens with zero attached hydrogens (tertiary/aromatic N) is 2. The minimum Gasteiger partial charge on any atom is -0.475 e. The lowest BCUT2D eigenvalue weighted by atomic mass is 9.84. The monoisotopic (exact) mass is 643 g/mol. The minimum atomic E-state index is -1.58. The summed E-state index contributed by atoms with van der Waals surface area (Å²) in [6.45, 7) is 7.47. The number of nitrogens with one attached hydrogen (secondary N) is 1. The van der Waals surface area contributed by atoms with Crippen LogP contribution in [0.25, 0.3) is 0 Å². The SMILES string of the molecule is CCC[C@H](CC(=O)[C@@H]1C[C@]2(CC(c3cccc(Cl)c3)=NO2)CN1C(=O)[C@@H](NC(=O)CC1CCCCC1)C(C)(C)C)C(=O)C(=O)O. The molecule has 1 aromatic carbocycles. The highest BCUT2D eigenvalue weighted by molar-refractivity contribution is 6.34. The fraction of sp³-hybridized carbons (Fsp3) is 0.647. The molecule has 2 aliphatic heterocycles. The number of Topliss-reactive ketones (excluding diaryl/α,β-unsaturated/α-hetero) is 2. The summed E-state index contributed by atoms with van der Waals surface area (Å²) in [4.78, 5) is 73.0. The summed E-state index contributed by atoms with van der Waals surface area (Å²) in [6, 6.07) is 5.29. The number of hydrogen-bond acceptors (Lipinski definition) is 7. The van der Waals surface area contributed by atoms with Crippen molar-refractivity contribution in [2.75, 3.05) is 6.54 Å². The molecule has 2 N–H and O–H groups in total. The van der Waals surface area contributed by atoms with E-state index in [1.165, 1.54) is 11.3 Å². The number of carboxylic acids is 1. The molecule has 0 unspecified atom stereocenters. The standard InChI is InChI=1S/C34H46ClN3O7/c1-5-10-23(29(41)32(43)44)17-27(39)26-19-34(18-25(37-45-34)22-13-9-14-24(35)16-22)20-38(26)31(42)30(33(2,3)4)36-28(40)15-21-11-7-6-8-12-21/h9,13-14,16,21,23,26,30H,5-8,10-12,15,17-20H2,1-4H3,(H,36,40)(H,43,44)/t23-,26+,30-,34-/m1/s1. The van der Waals surface area contributed by atoms with Crippen molar-refractivity contribution in [1.29, 1.82) is 0 Å². The first-order valence-corrected chi connectivity index (χ1v) is 16.5. The van der Waals surface area contributed by atoms with Gasteiger partial charge in [-0.1, -0.05) is 82.3 Å². The van der Waals surface area contributed by atoms with Crippen LogP contribution in [0.4, 0.5) is 0 Å². The van der Waals surface area contributed by atoms with Crippen molar-refractivity contribution in [2.24, 2.45) is 22.4 Å². The number of carbonyl (C=O) groups excluding carboxylic acids is 4. The first-order valence-electron chi connectivity index (χ1n) is 16.1. The van der Waals surface area contributed by atoms with E-state index in [2.05, 4.69) is 10.5 Å². The zero-order valence-electron chi connectivity index (χ0n) is 26.8. The number of amides is 2. The Morgan fingerprint density at radius 2 is 1.87 bits per heavy atom. The first kappa shape index (κ1) is 34.6. The number of hydrogen-bond donors (Lipinski definition) is 2. The topological polar surface area (TPSA) is 142 Å². The van der Waals surface area contributed by atoms with Gasteiger partial charge < -0.3 is 20.2 Å². The van der Waals surface area contributed by atoms with Gasteiger partial charge in [0.1, 0.15) is 6.04 Å². The van der Waals surface area contributed by atoms with Crippen LogP contribution in [-0.4, -0.2) is 69.3 Å². The second kappa shape index (κ2) is 14.4. The fourth-order valence-electron chi connectivity index (χ4n) is 6.92. The van der Waals surface area contributed by atoms with Crippen LogP contribution in [0.2, 0.25) is 5.02 Å². The predicted octanol–water partition coefficient (Wildman–Crippen LogP) is 5.33. The molecule has 1 saturated heterocycles. The van der Waals surface area contributed by atoms with Gasteiger partial charge >= 0.3 is 5.97 Å². The summed E-state index contributed by atoms with van der Waals surface area (Å²) in [5, 5.41) is 17.2. The third-order valence-electron chi connectivity index (χ3n) is 9.34. The Labute approximate surface area is 270 Å². The highest BCUT2D eigenvalue weighted by Crippen LogP contribution is 2.41. The quantitative estimate of drug-likeness (QED) is 0.293. The van der Waals surface area contributed by atoms with E-state index < -0.39 is 52.5 Å². The molecule has 4 rings (SSSR count). The van der Waals surface area contributed by atoms with Crippen molar-refractivity contribution in [3.05, 3.63) is 34.9 Å². The van der Waals surface area contributed by atoms with Gasteiger partial charge in [0.25, 0.3) is 0 Å². The lowest BCUT2D eigenvalue weighted by Crippen LogP contribution is -2.57. The molecule has 1 saturated carbocycles. The van der Waals surface area contributed by atoms with Crippen LogP contribution >= 0.6 is 11.6 Å². The van der Waals surface area contributed by atoms with Crippen LogP contribution in [0.1, 0.15) is 104 Å². The number of oxime groups is 1. The van der Waals surface area contributed by atoms with Gasteiger partial charge in [-0.2, -0.15) is 0 Å². The van der Waals surface area contributed by atoms with Crippen LogP contribution < -0.4 is 5.32 Å². The van der Waals surface area contributed by atoms with E-state index in [1.807, 2.05) is 33.8 Å². The van der Waals surface area contributed by atoms with Gasteiger partial charge in [0.05, 0.1) is 18.3 Å². The fourth-order valence-corrected chi connectivity index (χ4v) is 7.11. The van der Waals surface area contributed by atoms with Gasteiger partial charge in [-0.05, 0) is 42.7 Å². The molecule has 2 heterocycles. The van der Waals surface area contributed by atoms with Crippen molar-refractivity contribution in [3.63, 3.8) is 0 Å². The minimum absolute atomic E-state index is 0.0478. The zero-order valence-corrected chi connectivity index (χ0v) is 27.5. The summed E-state index contributed by atoms with van der Waals surface area (Å²) < 4.78 is 0. The number of rotatable bonds is 12. The molecule has 0 radical (unpaired) electrons. The maximum Gasteiger partial charge on any atom is 0.372 e. The molecule has 4 atom stereocenters. The van der Waals surface area contributed by atoms with Gasteiger partial charge in [-0.15, -0.1) is 0 Å². The number of aliphatic carboxylic acids is 1. The van der Waals surface area contributed by atoms with Gasteiger partial charge in [-0.25, -0.2) is 4.79 Å². The number of ketones is 2. The summed E-state index contributed by atoms with van der Waals surface area (Å²) in [7, 11) is 0. The average molecular weight is 644 g/mol. The third kappa shape index (κ3) is 8.51. The third-order valence-corrected chi connectivity index (χ3v) is 9.57. The molecule has 246 valence electrons. The predicted molar refractivity (Wildman–Crippen MR) is 170 cm³/mol. The number of carbonyl (C=O) groups is 5. The van der Waals surface area contributed by atoms with E-state index in [9.17, 15) is 29.1 Å². The lowest BCUT2D eigenvalue weighted by Gasteiger charge is -2.36. The maximum absolute atomic E-state index is 14.4. The molecule has 0 aromatic heterocycles. The van der Waals surface area contributed by atoms with Crippen LogP contribution in [0.3, 0.4) is 0 Å². The molecule has 1 spiro atoms. The van der Waals surface area contributed by atoms with Gasteiger partial charge in [-0.3, -0.25) is 19.2 Å². The Kier molecular flexibility index (Phi) is 11.1. The molecule has 45 heavy (non-hydrogen) atoms. The van der Waals surface area contributed by atoms with Crippen LogP contribution in [0, 0.1) is 17.3 Å². The normalized spacial score (nSPS) is 23.3. The van der Waals surface area contributed by atoms with Crippen molar-refractivity contribution in [1.82, 2.24) is 10.2 Å². The second-order valence-electron chi connectivity index (χ2n) is 14.1. The van der Waals surface area contributed by atoms with E-state index in [0.29, 0.717) is 30.0 Å². The summed E-state index contributed by atoms with van der Waals surface area (Å²) in [5.74, 6) is -4.31. The summed E-state index contributed by atoms with van der Waals surface area (Å²) in [6.07, 6.45) is 6.61. The van der Waals surface area contributed by atoms with Crippen molar-refractivity contribution in [2.45, 2.75) is 116 Å². The molecular weight excluding hydrogens is 598 g/mol. The largest absolute Gasteiger partial charge is 0.475 e. The Morgan fingerprint density at radius 1 is 1.16 bits per heavy atom. The molecule has 10 nitrogen and oxygen atoms in total. The Hall–Kier alpha value is -3.27. The number of benzene rings is 1. The lowest BCUT2D eigenvalue weighted by molar-refractivity contribution is -0.152. The van der Waals surface area contributed by atoms with E-state index in [0.717, 1.165) is 31.2 Å². The first-order chi connectivity index (χ1) is 21.2.